The lowest BCUT2D eigenvalue weighted by Gasteiger charge is -2.26. The molecule has 5 heteroatoms. The predicted octanol–water partition coefficient (Wildman–Crippen LogP) is 2.87. The van der Waals surface area contributed by atoms with Gasteiger partial charge in [0.05, 0.1) is 0 Å². The molecule has 0 aliphatic rings. The van der Waals surface area contributed by atoms with E-state index in [9.17, 15) is 0 Å². The quantitative estimate of drug-likeness (QED) is 0.920. The fourth-order valence-corrected chi connectivity index (χ4v) is 2.91. The molecule has 0 radical (unpaired) electrons. The molecule has 2 aromatic rings. The number of nitrogens with zero attached hydrogens (tertiary/aromatic N) is 3. The molecule has 1 unspecified atom stereocenters. The first-order chi connectivity index (χ1) is 9.04. The van der Waals surface area contributed by atoms with E-state index in [1.165, 1.54) is 0 Å². The normalized spacial score (nSPS) is 14.3. The van der Waals surface area contributed by atoms with Crippen LogP contribution in [0.15, 0.2) is 35.1 Å². The van der Waals surface area contributed by atoms with Gasteiger partial charge in [0.15, 0.2) is 0 Å². The van der Waals surface area contributed by atoms with Crippen LogP contribution in [0.4, 0.5) is 0 Å². The van der Waals surface area contributed by atoms with Crippen molar-refractivity contribution in [3.05, 3.63) is 46.5 Å². The molecule has 102 valence electrons. The zero-order valence-corrected chi connectivity index (χ0v) is 12.9. The van der Waals surface area contributed by atoms with E-state index in [0.29, 0.717) is 6.42 Å². The molecule has 0 fully saturated rings. The van der Waals surface area contributed by atoms with Gasteiger partial charge in [0.25, 0.3) is 0 Å². The Morgan fingerprint density at radius 3 is 2.79 bits per heavy atom. The van der Waals surface area contributed by atoms with Crippen molar-refractivity contribution < 1.29 is 0 Å². The first-order valence-electron chi connectivity index (χ1n) is 6.45. The summed E-state index contributed by atoms with van der Waals surface area (Å²) < 4.78 is 2.96. The van der Waals surface area contributed by atoms with E-state index in [2.05, 4.69) is 32.9 Å². The maximum absolute atomic E-state index is 6.48. The SMILES string of the molecule is CCCn1ncnc1CC(C)(N)c1ccccc1Br. The number of benzene rings is 1. The van der Waals surface area contributed by atoms with Crippen molar-refractivity contribution in [1.82, 2.24) is 14.8 Å². The first-order valence-corrected chi connectivity index (χ1v) is 7.24. The van der Waals surface area contributed by atoms with Gasteiger partial charge in [-0.3, -0.25) is 4.68 Å². The van der Waals surface area contributed by atoms with Crippen molar-refractivity contribution in [2.24, 2.45) is 5.73 Å². The van der Waals surface area contributed by atoms with Gasteiger partial charge in [0.2, 0.25) is 0 Å². The summed E-state index contributed by atoms with van der Waals surface area (Å²) >= 11 is 3.56. The highest BCUT2D eigenvalue weighted by Gasteiger charge is 2.26. The summed E-state index contributed by atoms with van der Waals surface area (Å²) in [4.78, 5) is 4.33. The van der Waals surface area contributed by atoms with Crippen LogP contribution in [-0.4, -0.2) is 14.8 Å². The van der Waals surface area contributed by atoms with E-state index in [1.54, 1.807) is 6.33 Å². The van der Waals surface area contributed by atoms with Crippen LogP contribution in [0, 0.1) is 0 Å². The summed E-state index contributed by atoms with van der Waals surface area (Å²) in [6.07, 6.45) is 3.30. The van der Waals surface area contributed by atoms with Gasteiger partial charge < -0.3 is 5.73 Å². The minimum Gasteiger partial charge on any atom is -0.321 e. The Morgan fingerprint density at radius 2 is 2.11 bits per heavy atom. The average molecular weight is 323 g/mol. The number of aromatic nitrogens is 3. The standard InChI is InChI=1S/C14H19BrN4/c1-3-8-19-13(17-10-18-19)9-14(2,16)11-6-4-5-7-12(11)15/h4-7,10H,3,8-9,16H2,1-2H3. The molecule has 0 aliphatic heterocycles. The van der Waals surface area contributed by atoms with Crippen LogP contribution in [0.1, 0.15) is 31.7 Å². The molecule has 2 N–H and O–H groups in total. The molecule has 0 amide bonds. The van der Waals surface area contributed by atoms with Gasteiger partial charge in [-0.1, -0.05) is 41.1 Å². The van der Waals surface area contributed by atoms with E-state index in [4.69, 9.17) is 5.73 Å². The number of halogens is 1. The van der Waals surface area contributed by atoms with Crippen LogP contribution >= 0.6 is 15.9 Å². The van der Waals surface area contributed by atoms with E-state index in [-0.39, 0.29) is 0 Å². The third-order valence-corrected chi connectivity index (χ3v) is 3.84. The van der Waals surface area contributed by atoms with Crippen molar-refractivity contribution in [1.29, 1.82) is 0 Å². The lowest BCUT2D eigenvalue weighted by atomic mass is 9.89. The molecule has 0 aliphatic carbocycles. The summed E-state index contributed by atoms with van der Waals surface area (Å²) in [5.74, 6) is 0.933. The van der Waals surface area contributed by atoms with Crippen LogP contribution in [0.5, 0.6) is 0 Å². The Kier molecular flexibility index (Phi) is 4.37. The van der Waals surface area contributed by atoms with E-state index >= 15 is 0 Å². The van der Waals surface area contributed by atoms with Gasteiger partial charge in [-0.2, -0.15) is 5.10 Å². The molecule has 19 heavy (non-hydrogen) atoms. The zero-order valence-electron chi connectivity index (χ0n) is 11.3. The first kappa shape index (κ1) is 14.2. The molecule has 1 atom stereocenters. The second-order valence-corrected chi connectivity index (χ2v) is 5.83. The number of aryl methyl sites for hydroxylation is 1. The third-order valence-electron chi connectivity index (χ3n) is 3.15. The predicted molar refractivity (Wildman–Crippen MR) is 79.7 cm³/mol. The Labute approximate surface area is 122 Å². The summed E-state index contributed by atoms with van der Waals surface area (Å²) in [5.41, 5.74) is 7.09. The monoisotopic (exact) mass is 322 g/mol. The Balaban J connectivity index is 2.26. The third kappa shape index (κ3) is 3.22. The van der Waals surface area contributed by atoms with E-state index in [0.717, 1.165) is 28.8 Å². The summed E-state index contributed by atoms with van der Waals surface area (Å²) in [6.45, 7) is 5.03. The summed E-state index contributed by atoms with van der Waals surface area (Å²) in [6, 6.07) is 8.05. The van der Waals surface area contributed by atoms with Gasteiger partial charge in [-0.05, 0) is 25.0 Å². The van der Waals surface area contributed by atoms with Crippen molar-refractivity contribution in [3.63, 3.8) is 0 Å². The molecule has 0 bridgehead atoms. The zero-order chi connectivity index (χ0) is 13.9. The maximum Gasteiger partial charge on any atom is 0.138 e. The summed E-state index contributed by atoms with van der Waals surface area (Å²) in [5, 5.41) is 4.24. The van der Waals surface area contributed by atoms with Crippen LogP contribution in [0.2, 0.25) is 0 Å². The topological polar surface area (TPSA) is 56.7 Å². The number of hydrogen-bond donors (Lipinski definition) is 1. The maximum atomic E-state index is 6.48. The van der Waals surface area contributed by atoms with Gasteiger partial charge in [-0.25, -0.2) is 4.98 Å². The molecular formula is C14H19BrN4. The highest BCUT2D eigenvalue weighted by molar-refractivity contribution is 9.10. The minimum atomic E-state index is -0.474. The number of hydrogen-bond acceptors (Lipinski definition) is 3. The lowest BCUT2D eigenvalue weighted by molar-refractivity contribution is 0.449. The van der Waals surface area contributed by atoms with Gasteiger partial charge in [0, 0.05) is 23.0 Å². The van der Waals surface area contributed by atoms with Crippen LogP contribution in [0.3, 0.4) is 0 Å². The Bertz CT molecular complexity index is 548. The van der Waals surface area contributed by atoms with E-state index in [1.807, 2.05) is 35.9 Å². The minimum absolute atomic E-state index is 0.474. The number of rotatable bonds is 5. The number of nitrogens with two attached hydrogens (primary N) is 1. The lowest BCUT2D eigenvalue weighted by Crippen LogP contribution is -2.37. The van der Waals surface area contributed by atoms with Gasteiger partial charge >= 0.3 is 0 Å². The molecule has 1 aromatic carbocycles. The summed E-state index contributed by atoms with van der Waals surface area (Å²) in [7, 11) is 0. The van der Waals surface area contributed by atoms with Crippen LogP contribution in [0.25, 0.3) is 0 Å². The van der Waals surface area contributed by atoms with E-state index < -0.39 is 5.54 Å². The fraction of sp³-hybridized carbons (Fsp3) is 0.429. The van der Waals surface area contributed by atoms with Crippen molar-refractivity contribution >= 4 is 15.9 Å². The molecule has 0 saturated heterocycles. The Hall–Kier alpha value is -1.20. The smallest absolute Gasteiger partial charge is 0.138 e. The fourth-order valence-electron chi connectivity index (χ4n) is 2.17. The molecule has 0 spiro atoms. The van der Waals surface area contributed by atoms with Crippen molar-refractivity contribution in [2.75, 3.05) is 0 Å². The van der Waals surface area contributed by atoms with Crippen LogP contribution in [-0.2, 0) is 18.5 Å². The average Bonchev–Trinajstić information content (AvgIpc) is 2.77. The van der Waals surface area contributed by atoms with Crippen molar-refractivity contribution in [2.45, 2.75) is 38.8 Å². The Morgan fingerprint density at radius 1 is 1.37 bits per heavy atom. The highest BCUT2D eigenvalue weighted by Crippen LogP contribution is 2.28. The van der Waals surface area contributed by atoms with Gasteiger partial charge in [-0.15, -0.1) is 0 Å². The molecular weight excluding hydrogens is 304 g/mol. The van der Waals surface area contributed by atoms with Crippen LogP contribution < -0.4 is 5.73 Å². The highest BCUT2D eigenvalue weighted by atomic mass is 79.9. The molecule has 4 nitrogen and oxygen atoms in total. The second-order valence-electron chi connectivity index (χ2n) is 4.97. The molecule has 1 aromatic heterocycles. The molecule has 0 saturated carbocycles. The second kappa shape index (κ2) is 5.84. The van der Waals surface area contributed by atoms with Crippen molar-refractivity contribution in [3.8, 4) is 0 Å². The molecule has 1 heterocycles. The van der Waals surface area contributed by atoms with Gasteiger partial charge in [0.1, 0.15) is 12.2 Å². The largest absolute Gasteiger partial charge is 0.321 e. The molecule has 2 rings (SSSR count).